The number of morpholine rings is 1. The van der Waals surface area contributed by atoms with Crippen molar-refractivity contribution < 1.29 is 46.5 Å². The summed E-state index contributed by atoms with van der Waals surface area (Å²) < 4.78 is 52.6. The smallest absolute Gasteiger partial charge is 0.306 e. The average Bonchev–Trinajstić information content (AvgIpc) is 4.28. The van der Waals surface area contributed by atoms with Crippen molar-refractivity contribution in [3.63, 3.8) is 0 Å². The lowest BCUT2D eigenvalue weighted by Crippen LogP contribution is -2.47. The zero-order chi connectivity index (χ0) is 46.6. The van der Waals surface area contributed by atoms with Crippen molar-refractivity contribution in [2.24, 2.45) is 40.9 Å². The van der Waals surface area contributed by atoms with Gasteiger partial charge in [0.15, 0.2) is 5.78 Å². The SMILES string of the molecule is COc1ccc2c(O[C@@H]3C[C@H]4C(=O)C[C@]5(C(=O)NS(=O)(=O)C6CC6)C[C@H]5/C=C\CC[C@H](C)C[C@@H](C)[C@H](CC(=O)OC5C[C@@H]6C[C@@H]6C5)C(=O)N4C3)nc(-c3ccc(N4CCOCC4)cc3)cc2c1. The van der Waals surface area contributed by atoms with Gasteiger partial charge in [-0.05, 0) is 129 Å². The molecular weight excluding hydrogens is 873 g/mol. The normalized spacial score (nSPS) is 32.6. The molecule has 4 saturated carbocycles. The number of pyridine rings is 1. The van der Waals surface area contributed by atoms with Gasteiger partial charge in [0.1, 0.15) is 18.0 Å². The summed E-state index contributed by atoms with van der Waals surface area (Å²) in [5.74, 6) is -0.547. The molecule has 10 rings (SSSR count). The Labute approximate surface area is 393 Å². The van der Waals surface area contributed by atoms with Gasteiger partial charge in [-0.1, -0.05) is 38.1 Å². The fraction of sp³-hybridized carbons (Fsp3) is 0.596. The largest absolute Gasteiger partial charge is 0.497 e. The number of hydrogen-bond acceptors (Lipinski definition) is 12. The summed E-state index contributed by atoms with van der Waals surface area (Å²) in [6.45, 7) is 7.20. The maximum absolute atomic E-state index is 15.3. The lowest BCUT2D eigenvalue weighted by atomic mass is 9.82. The number of sulfonamides is 1. The van der Waals surface area contributed by atoms with Gasteiger partial charge >= 0.3 is 5.97 Å². The highest BCUT2D eigenvalue weighted by Gasteiger charge is 2.62. The Morgan fingerprint density at radius 1 is 0.925 bits per heavy atom. The highest BCUT2D eigenvalue weighted by molar-refractivity contribution is 7.90. The Morgan fingerprint density at radius 3 is 2.42 bits per heavy atom. The summed E-state index contributed by atoms with van der Waals surface area (Å²) in [5, 5.41) is 0.953. The molecule has 7 aliphatic rings. The van der Waals surface area contributed by atoms with Gasteiger partial charge in [-0.25, -0.2) is 13.4 Å². The number of methoxy groups -OCH3 is 1. The topological polar surface area (TPSA) is 171 Å². The van der Waals surface area contributed by atoms with E-state index in [1.807, 2.05) is 55.5 Å². The number of Topliss-reactive ketones (excluding diaryl/α,β-unsaturated/α-hetero) is 1. The van der Waals surface area contributed by atoms with E-state index in [1.54, 1.807) is 12.0 Å². The van der Waals surface area contributed by atoms with E-state index in [0.29, 0.717) is 68.1 Å². The minimum Gasteiger partial charge on any atom is -0.497 e. The van der Waals surface area contributed by atoms with Crippen LogP contribution in [-0.2, 0) is 38.7 Å². The van der Waals surface area contributed by atoms with Crippen molar-refractivity contribution in [3.05, 3.63) is 60.7 Å². The van der Waals surface area contributed by atoms with E-state index in [0.717, 1.165) is 60.8 Å². The summed E-state index contributed by atoms with van der Waals surface area (Å²) in [6.07, 6.45) is 9.44. The Bertz CT molecular complexity index is 2530. The molecule has 1 aromatic heterocycles. The van der Waals surface area contributed by atoms with Crippen LogP contribution in [0.15, 0.2) is 60.7 Å². The zero-order valence-corrected chi connectivity index (χ0v) is 39.7. The van der Waals surface area contributed by atoms with Gasteiger partial charge in [0, 0.05) is 42.6 Å². The Morgan fingerprint density at radius 2 is 1.69 bits per heavy atom. The molecule has 6 fully saturated rings. The van der Waals surface area contributed by atoms with E-state index in [4.69, 9.17) is 23.9 Å². The number of esters is 1. The number of benzene rings is 2. The summed E-state index contributed by atoms with van der Waals surface area (Å²) in [4.78, 5) is 67.1. The molecule has 0 radical (unpaired) electrons. The third-order valence-electron chi connectivity index (χ3n) is 15.9. The number of aromatic nitrogens is 1. The molecule has 1 unspecified atom stereocenters. The standard InChI is InChI=1S/C52H64N4O10S/c1-31-6-4-5-7-37-28-52(37,51(60)54-67(61,62)42-13-14-42)29-47(57)46-26-41(30-56(46)50(59)44(32(2)20-31)27-48(58)65-40-22-34-21-35(34)23-40)66-49-43-15-12-39(63-3)24-36(43)25-45(53-49)33-8-10-38(11-9-33)55-16-18-64-19-17-55/h5,7-12,15,24-25,31-32,34-35,37,40-42,44,46H,4,6,13-14,16-23,26-30H2,1-3H3,(H,54,60)/b7-5-/t31-,32+,34-,35+,37+,40?,41+,44-,46-,52+/m0/s1. The summed E-state index contributed by atoms with van der Waals surface area (Å²) >= 11 is 0. The van der Waals surface area contributed by atoms with Crippen molar-refractivity contribution in [3.8, 4) is 22.9 Å². The van der Waals surface area contributed by atoms with Gasteiger partial charge in [-0.15, -0.1) is 0 Å². The van der Waals surface area contributed by atoms with Crippen LogP contribution < -0.4 is 19.1 Å². The summed E-state index contributed by atoms with van der Waals surface area (Å²) in [7, 11) is -2.27. The number of hydrogen-bond donors (Lipinski definition) is 1. The number of ether oxygens (including phenoxy) is 4. The van der Waals surface area contributed by atoms with Gasteiger partial charge in [0.25, 0.3) is 0 Å². The van der Waals surface area contributed by atoms with Gasteiger partial charge in [0.05, 0.1) is 61.6 Å². The van der Waals surface area contributed by atoms with Crippen molar-refractivity contribution in [1.82, 2.24) is 14.6 Å². The van der Waals surface area contributed by atoms with Crippen LogP contribution in [0.5, 0.6) is 11.6 Å². The molecule has 0 spiro atoms. The molecule has 10 atom stereocenters. The molecule has 1 N–H and O–H groups in total. The molecule has 14 nitrogen and oxygen atoms in total. The van der Waals surface area contributed by atoms with Crippen molar-refractivity contribution >= 4 is 50.1 Å². The number of nitrogens with zero attached hydrogens (tertiary/aromatic N) is 3. The van der Waals surface area contributed by atoms with Crippen LogP contribution in [0.4, 0.5) is 5.69 Å². The van der Waals surface area contributed by atoms with Crippen LogP contribution in [0.25, 0.3) is 22.0 Å². The maximum Gasteiger partial charge on any atom is 0.306 e. The first kappa shape index (κ1) is 45.7. The van der Waals surface area contributed by atoms with Gasteiger partial charge < -0.3 is 28.7 Å². The Balaban J connectivity index is 0.973. The van der Waals surface area contributed by atoms with Crippen LogP contribution in [0.1, 0.15) is 90.9 Å². The number of fused-ring (bicyclic) bond motifs is 4. The van der Waals surface area contributed by atoms with E-state index >= 15 is 4.79 Å². The Kier molecular flexibility index (Phi) is 12.6. The summed E-state index contributed by atoms with van der Waals surface area (Å²) in [6, 6.07) is 14.9. The van der Waals surface area contributed by atoms with Gasteiger partial charge in [0.2, 0.25) is 27.7 Å². The first-order valence-electron chi connectivity index (χ1n) is 24.6. The molecule has 2 saturated heterocycles. The van der Waals surface area contributed by atoms with Crippen LogP contribution in [0.3, 0.4) is 0 Å². The molecule has 358 valence electrons. The van der Waals surface area contributed by atoms with Crippen LogP contribution in [0.2, 0.25) is 0 Å². The highest BCUT2D eigenvalue weighted by atomic mass is 32.2. The van der Waals surface area contributed by atoms with Crippen molar-refractivity contribution in [1.29, 1.82) is 0 Å². The third-order valence-corrected chi connectivity index (χ3v) is 17.7. The molecule has 67 heavy (non-hydrogen) atoms. The second-order valence-corrected chi connectivity index (χ2v) is 22.7. The first-order chi connectivity index (χ1) is 32.3. The van der Waals surface area contributed by atoms with Gasteiger partial charge in [-0.3, -0.25) is 23.9 Å². The number of carbonyl (C=O) groups is 4. The predicted octanol–water partition coefficient (Wildman–Crippen LogP) is 7.03. The lowest BCUT2D eigenvalue weighted by molar-refractivity contribution is -0.155. The quantitative estimate of drug-likeness (QED) is 0.154. The number of amides is 2. The highest BCUT2D eigenvalue weighted by Crippen LogP contribution is 2.57. The van der Waals surface area contributed by atoms with Crippen LogP contribution in [-0.4, -0.2) is 105 Å². The molecule has 3 aliphatic heterocycles. The molecular formula is C52H64N4O10S. The molecule has 15 heteroatoms. The predicted molar refractivity (Wildman–Crippen MR) is 252 cm³/mol. The minimum atomic E-state index is -3.88. The first-order valence-corrected chi connectivity index (χ1v) is 26.2. The lowest BCUT2D eigenvalue weighted by Gasteiger charge is -2.32. The Hall–Kier alpha value is -5.02. The van der Waals surface area contributed by atoms with E-state index in [2.05, 4.69) is 28.7 Å². The molecule has 4 aliphatic carbocycles. The maximum atomic E-state index is 15.3. The zero-order valence-electron chi connectivity index (χ0n) is 38.9. The van der Waals surface area contributed by atoms with E-state index in [-0.39, 0.29) is 61.4 Å². The fourth-order valence-corrected chi connectivity index (χ4v) is 12.9. The molecule has 2 aromatic carbocycles. The summed E-state index contributed by atoms with van der Waals surface area (Å²) in [5.41, 5.74) is 1.38. The van der Waals surface area contributed by atoms with Crippen LogP contribution >= 0.6 is 0 Å². The molecule has 4 heterocycles. The molecule has 3 aromatic rings. The average molecular weight is 937 g/mol. The van der Waals surface area contributed by atoms with E-state index < -0.39 is 50.6 Å². The monoisotopic (exact) mass is 936 g/mol. The van der Waals surface area contributed by atoms with Crippen molar-refractivity contribution in [2.45, 2.75) is 114 Å². The van der Waals surface area contributed by atoms with Crippen molar-refractivity contribution in [2.75, 3.05) is 44.9 Å². The number of ketones is 1. The number of anilines is 1. The van der Waals surface area contributed by atoms with Crippen LogP contribution in [0, 0.1) is 40.9 Å². The number of carbonyl (C=O) groups excluding carboxylic acids is 4. The number of nitrogens with one attached hydrogen (secondary N) is 1. The van der Waals surface area contributed by atoms with E-state index in [9.17, 15) is 22.8 Å². The molecule has 0 bridgehead atoms. The third kappa shape index (κ3) is 9.82. The minimum absolute atomic E-state index is 0.0471. The number of allylic oxidation sites excluding steroid dienone is 2. The van der Waals surface area contributed by atoms with Gasteiger partial charge in [-0.2, -0.15) is 0 Å². The fourth-order valence-electron chi connectivity index (χ4n) is 11.5. The number of rotatable bonds is 11. The second-order valence-electron chi connectivity index (χ2n) is 20.8. The van der Waals surface area contributed by atoms with E-state index in [1.165, 1.54) is 6.42 Å². The molecule has 2 amide bonds. The second kappa shape index (κ2) is 18.5.